The summed E-state index contributed by atoms with van der Waals surface area (Å²) in [4.78, 5) is 0. The van der Waals surface area contributed by atoms with E-state index in [4.69, 9.17) is 5.73 Å². The molecule has 0 aliphatic rings. The molecule has 0 amide bonds. The van der Waals surface area contributed by atoms with Gasteiger partial charge in [-0.05, 0) is 38.6 Å². The van der Waals surface area contributed by atoms with Crippen molar-refractivity contribution in [2.75, 3.05) is 6.54 Å². The van der Waals surface area contributed by atoms with Crippen LogP contribution in [0.1, 0.15) is 71.1 Å². The Hall–Kier alpha value is -0.300. The average Bonchev–Trinajstić information content (AvgIpc) is 2.26. The molecule has 0 aromatic heterocycles. The van der Waals surface area contributed by atoms with Crippen molar-refractivity contribution in [1.82, 2.24) is 0 Å². The quantitative estimate of drug-likeness (QED) is 0.397. The lowest BCUT2D eigenvalue weighted by Crippen LogP contribution is -1.97. The smallest absolute Gasteiger partial charge is 0.00773 e. The highest BCUT2D eigenvalue weighted by Crippen LogP contribution is 2.05. The summed E-state index contributed by atoms with van der Waals surface area (Å²) in [6, 6.07) is 0. The summed E-state index contributed by atoms with van der Waals surface area (Å²) >= 11 is 0. The van der Waals surface area contributed by atoms with Crippen molar-refractivity contribution in [1.29, 1.82) is 0 Å². The highest BCUT2D eigenvalue weighted by atomic mass is 14.5. The standard InChI is InChI=1S/C14H29N/c1-2-3-4-5-6-7-8-9-10-11-12-13-14-15/h7-8H,2-6,9-15H2,1H3. The van der Waals surface area contributed by atoms with Gasteiger partial charge in [-0.15, -0.1) is 0 Å². The molecule has 0 radical (unpaired) electrons. The van der Waals surface area contributed by atoms with Gasteiger partial charge in [0.25, 0.3) is 0 Å². The van der Waals surface area contributed by atoms with Crippen LogP contribution in [0.4, 0.5) is 0 Å². The summed E-state index contributed by atoms with van der Waals surface area (Å²) in [5.74, 6) is 0. The van der Waals surface area contributed by atoms with Gasteiger partial charge in [0.1, 0.15) is 0 Å². The van der Waals surface area contributed by atoms with Crippen molar-refractivity contribution in [3.8, 4) is 0 Å². The van der Waals surface area contributed by atoms with E-state index in [-0.39, 0.29) is 0 Å². The zero-order valence-corrected chi connectivity index (χ0v) is 10.5. The van der Waals surface area contributed by atoms with Gasteiger partial charge in [-0.3, -0.25) is 0 Å². The number of unbranched alkanes of at least 4 members (excludes halogenated alkanes) is 8. The monoisotopic (exact) mass is 211 g/mol. The number of nitrogens with two attached hydrogens (primary N) is 1. The van der Waals surface area contributed by atoms with Crippen LogP contribution in [0.25, 0.3) is 0 Å². The fraction of sp³-hybridized carbons (Fsp3) is 0.857. The highest BCUT2D eigenvalue weighted by molar-refractivity contribution is 4.81. The van der Waals surface area contributed by atoms with Crippen LogP contribution in [0.15, 0.2) is 12.2 Å². The van der Waals surface area contributed by atoms with Gasteiger partial charge in [-0.25, -0.2) is 0 Å². The molecule has 0 aliphatic heterocycles. The van der Waals surface area contributed by atoms with Crippen LogP contribution in [-0.4, -0.2) is 6.54 Å². The second kappa shape index (κ2) is 13.7. The summed E-state index contributed by atoms with van der Waals surface area (Å²) < 4.78 is 0. The Morgan fingerprint density at radius 2 is 1.27 bits per heavy atom. The first-order valence-corrected chi connectivity index (χ1v) is 6.77. The molecule has 0 aromatic carbocycles. The molecule has 0 spiro atoms. The van der Waals surface area contributed by atoms with Crippen LogP contribution in [0.5, 0.6) is 0 Å². The topological polar surface area (TPSA) is 26.0 Å². The van der Waals surface area contributed by atoms with Gasteiger partial charge >= 0.3 is 0 Å². The zero-order chi connectivity index (χ0) is 11.2. The largest absolute Gasteiger partial charge is 0.330 e. The molecule has 0 heterocycles. The van der Waals surface area contributed by atoms with Gasteiger partial charge in [0.2, 0.25) is 0 Å². The number of allylic oxidation sites excluding steroid dienone is 2. The van der Waals surface area contributed by atoms with Crippen LogP contribution in [-0.2, 0) is 0 Å². The van der Waals surface area contributed by atoms with E-state index in [0.29, 0.717) is 0 Å². The summed E-state index contributed by atoms with van der Waals surface area (Å²) in [7, 11) is 0. The van der Waals surface area contributed by atoms with Gasteiger partial charge in [0.15, 0.2) is 0 Å². The van der Waals surface area contributed by atoms with E-state index < -0.39 is 0 Å². The van der Waals surface area contributed by atoms with Crippen molar-refractivity contribution < 1.29 is 0 Å². The minimum atomic E-state index is 0.854. The lowest BCUT2D eigenvalue weighted by Gasteiger charge is -1.96. The predicted molar refractivity (Wildman–Crippen MR) is 70.0 cm³/mol. The van der Waals surface area contributed by atoms with Crippen LogP contribution in [0.2, 0.25) is 0 Å². The third-order valence-corrected chi connectivity index (χ3v) is 2.72. The van der Waals surface area contributed by atoms with Crippen molar-refractivity contribution >= 4 is 0 Å². The molecule has 90 valence electrons. The third kappa shape index (κ3) is 13.7. The first-order chi connectivity index (χ1) is 7.41. The molecule has 0 saturated carbocycles. The molecule has 0 rings (SSSR count). The molecule has 0 bridgehead atoms. The van der Waals surface area contributed by atoms with Gasteiger partial charge in [-0.1, -0.05) is 51.2 Å². The van der Waals surface area contributed by atoms with E-state index in [0.717, 1.165) is 6.54 Å². The Labute approximate surface area is 96.1 Å². The van der Waals surface area contributed by atoms with Gasteiger partial charge in [0.05, 0.1) is 0 Å². The fourth-order valence-corrected chi connectivity index (χ4v) is 1.68. The second-order valence-electron chi connectivity index (χ2n) is 4.31. The second-order valence-corrected chi connectivity index (χ2v) is 4.31. The summed E-state index contributed by atoms with van der Waals surface area (Å²) in [6.45, 7) is 3.12. The van der Waals surface area contributed by atoms with E-state index >= 15 is 0 Å². The lowest BCUT2D eigenvalue weighted by atomic mass is 10.1. The average molecular weight is 211 g/mol. The van der Waals surface area contributed by atoms with Crippen molar-refractivity contribution in [3.05, 3.63) is 12.2 Å². The van der Waals surface area contributed by atoms with E-state index in [9.17, 15) is 0 Å². The van der Waals surface area contributed by atoms with Crippen LogP contribution < -0.4 is 5.73 Å². The Morgan fingerprint density at radius 3 is 1.80 bits per heavy atom. The maximum atomic E-state index is 5.43. The summed E-state index contributed by atoms with van der Waals surface area (Å²) in [5.41, 5.74) is 5.43. The fourth-order valence-electron chi connectivity index (χ4n) is 1.68. The molecular formula is C14H29N. The molecule has 1 heteroatoms. The third-order valence-electron chi connectivity index (χ3n) is 2.72. The first-order valence-electron chi connectivity index (χ1n) is 6.77. The zero-order valence-electron chi connectivity index (χ0n) is 10.5. The number of rotatable bonds is 11. The highest BCUT2D eigenvalue weighted by Gasteiger charge is 1.87. The molecule has 0 saturated heterocycles. The molecule has 0 unspecified atom stereocenters. The minimum absolute atomic E-state index is 0.854. The van der Waals surface area contributed by atoms with E-state index in [1.54, 1.807) is 0 Å². The molecule has 0 atom stereocenters. The van der Waals surface area contributed by atoms with Gasteiger partial charge in [0, 0.05) is 0 Å². The van der Waals surface area contributed by atoms with Crippen molar-refractivity contribution in [2.24, 2.45) is 5.73 Å². The van der Waals surface area contributed by atoms with Crippen LogP contribution in [0.3, 0.4) is 0 Å². The summed E-state index contributed by atoms with van der Waals surface area (Å²) in [6.07, 6.45) is 17.9. The van der Waals surface area contributed by atoms with Crippen molar-refractivity contribution in [3.63, 3.8) is 0 Å². The molecule has 15 heavy (non-hydrogen) atoms. The minimum Gasteiger partial charge on any atom is -0.330 e. The Bertz CT molecular complexity index is 129. The van der Waals surface area contributed by atoms with Gasteiger partial charge in [-0.2, -0.15) is 0 Å². The molecule has 0 fully saturated rings. The molecule has 0 aliphatic carbocycles. The van der Waals surface area contributed by atoms with E-state index in [1.165, 1.54) is 64.2 Å². The SMILES string of the molecule is CCCCCCC=CCCCCCCN. The first kappa shape index (κ1) is 14.7. The molecular weight excluding hydrogens is 182 g/mol. The lowest BCUT2D eigenvalue weighted by molar-refractivity contribution is 0.650. The normalized spacial score (nSPS) is 11.3. The van der Waals surface area contributed by atoms with E-state index in [1.807, 2.05) is 0 Å². The predicted octanol–water partition coefficient (Wildman–Crippen LogP) is 4.42. The number of hydrogen-bond donors (Lipinski definition) is 1. The van der Waals surface area contributed by atoms with Crippen LogP contribution in [0, 0.1) is 0 Å². The summed E-state index contributed by atoms with van der Waals surface area (Å²) in [5, 5.41) is 0. The molecule has 2 N–H and O–H groups in total. The molecule has 1 nitrogen and oxygen atoms in total. The number of hydrogen-bond acceptors (Lipinski definition) is 1. The Balaban J connectivity index is 2.97. The Morgan fingerprint density at radius 1 is 0.733 bits per heavy atom. The maximum absolute atomic E-state index is 5.43. The van der Waals surface area contributed by atoms with Crippen molar-refractivity contribution in [2.45, 2.75) is 71.1 Å². The molecule has 0 aromatic rings. The van der Waals surface area contributed by atoms with Crippen LogP contribution >= 0.6 is 0 Å². The maximum Gasteiger partial charge on any atom is -0.00773 e. The Kier molecular flexibility index (Phi) is 13.4. The van der Waals surface area contributed by atoms with Gasteiger partial charge < -0.3 is 5.73 Å². The van der Waals surface area contributed by atoms with E-state index in [2.05, 4.69) is 19.1 Å².